The fraction of sp³-hybridized carbons (Fsp3) is 0.333. The molecule has 0 aromatic carbocycles. The van der Waals surface area contributed by atoms with Gasteiger partial charge in [0.2, 0.25) is 5.95 Å². The van der Waals surface area contributed by atoms with E-state index in [-0.39, 0.29) is 6.04 Å². The summed E-state index contributed by atoms with van der Waals surface area (Å²) in [6.07, 6.45) is 1.06. The Morgan fingerprint density at radius 2 is 2.00 bits per heavy atom. The van der Waals surface area contributed by atoms with Gasteiger partial charge in [0.1, 0.15) is 17.0 Å². The highest BCUT2D eigenvalue weighted by Crippen LogP contribution is 2.28. The zero-order chi connectivity index (χ0) is 19.1. The van der Waals surface area contributed by atoms with Crippen molar-refractivity contribution in [2.45, 2.75) is 39.8 Å². The van der Waals surface area contributed by atoms with Crippen LogP contribution in [0, 0.1) is 6.92 Å². The van der Waals surface area contributed by atoms with Crippen molar-refractivity contribution in [3.63, 3.8) is 0 Å². The van der Waals surface area contributed by atoms with Crippen LogP contribution in [0.2, 0.25) is 0 Å². The predicted octanol–water partition coefficient (Wildman–Crippen LogP) is 3.76. The van der Waals surface area contributed by atoms with Crippen molar-refractivity contribution >= 4 is 28.1 Å². The molecule has 0 bridgehead atoms. The van der Waals surface area contributed by atoms with Gasteiger partial charge in [-0.1, -0.05) is 0 Å². The number of alkyl halides is 2. The second-order valence-electron chi connectivity index (χ2n) is 6.66. The number of nitrogens with zero attached hydrogens (tertiary/aromatic N) is 5. The Bertz CT molecular complexity index is 1110. The number of hydrogen-bond acceptors (Lipinski definition) is 5. The fourth-order valence-electron chi connectivity index (χ4n) is 3.07. The Hall–Kier alpha value is -3.10. The molecule has 0 spiro atoms. The zero-order valence-corrected chi connectivity index (χ0v) is 15.2. The molecule has 4 aromatic heterocycles. The van der Waals surface area contributed by atoms with Crippen LogP contribution in [-0.2, 0) is 6.54 Å². The molecule has 0 saturated carbocycles. The summed E-state index contributed by atoms with van der Waals surface area (Å²) in [5.74, 6) is 1.06. The lowest BCUT2D eigenvalue weighted by molar-refractivity contribution is 0.127. The SMILES string of the molecule is Cc1nc2ccc(-c3c[nH]c4nc(NC(C)C)ncc34)nc2n1CC(F)F. The second-order valence-corrected chi connectivity index (χ2v) is 6.66. The minimum absolute atomic E-state index is 0.222. The first-order valence-corrected chi connectivity index (χ1v) is 8.65. The van der Waals surface area contributed by atoms with E-state index in [9.17, 15) is 8.78 Å². The summed E-state index contributed by atoms with van der Waals surface area (Å²) in [4.78, 5) is 20.8. The van der Waals surface area contributed by atoms with Gasteiger partial charge in [0, 0.05) is 29.4 Å². The van der Waals surface area contributed by atoms with Gasteiger partial charge in [-0.3, -0.25) is 0 Å². The van der Waals surface area contributed by atoms with Gasteiger partial charge in [-0.25, -0.2) is 23.7 Å². The van der Waals surface area contributed by atoms with Crippen LogP contribution in [0.4, 0.5) is 14.7 Å². The Balaban J connectivity index is 1.79. The second kappa shape index (κ2) is 6.57. The predicted molar refractivity (Wildman–Crippen MR) is 99.9 cm³/mol. The van der Waals surface area contributed by atoms with Gasteiger partial charge >= 0.3 is 0 Å². The monoisotopic (exact) mass is 371 g/mol. The van der Waals surface area contributed by atoms with E-state index in [1.54, 1.807) is 25.4 Å². The summed E-state index contributed by atoms with van der Waals surface area (Å²) >= 11 is 0. The molecule has 0 aliphatic rings. The molecule has 0 amide bonds. The van der Waals surface area contributed by atoms with Gasteiger partial charge < -0.3 is 14.9 Å². The number of nitrogens with one attached hydrogen (secondary N) is 2. The quantitative estimate of drug-likeness (QED) is 0.558. The summed E-state index contributed by atoms with van der Waals surface area (Å²) in [5.41, 5.74) is 3.18. The largest absolute Gasteiger partial charge is 0.352 e. The van der Waals surface area contributed by atoms with E-state index in [1.165, 1.54) is 4.57 Å². The number of anilines is 1. The van der Waals surface area contributed by atoms with Crippen molar-refractivity contribution in [3.8, 4) is 11.3 Å². The molecule has 0 aliphatic carbocycles. The molecule has 9 heteroatoms. The van der Waals surface area contributed by atoms with Crippen LogP contribution in [-0.4, -0.2) is 42.0 Å². The summed E-state index contributed by atoms with van der Waals surface area (Å²) in [5, 5.41) is 3.97. The molecule has 0 unspecified atom stereocenters. The molecule has 2 N–H and O–H groups in total. The first kappa shape index (κ1) is 17.3. The van der Waals surface area contributed by atoms with Crippen LogP contribution in [0.3, 0.4) is 0 Å². The molecule has 0 radical (unpaired) electrons. The summed E-state index contributed by atoms with van der Waals surface area (Å²) in [7, 11) is 0. The number of fused-ring (bicyclic) bond motifs is 2. The first-order chi connectivity index (χ1) is 12.9. The smallest absolute Gasteiger partial charge is 0.256 e. The van der Waals surface area contributed by atoms with Crippen molar-refractivity contribution in [2.24, 2.45) is 0 Å². The zero-order valence-electron chi connectivity index (χ0n) is 15.2. The van der Waals surface area contributed by atoms with Crippen molar-refractivity contribution < 1.29 is 8.78 Å². The van der Waals surface area contributed by atoms with E-state index in [1.807, 2.05) is 19.9 Å². The normalized spacial score (nSPS) is 12.0. The number of aromatic nitrogens is 6. The van der Waals surface area contributed by atoms with E-state index in [0.29, 0.717) is 34.3 Å². The molecular formula is C18H19F2N7. The van der Waals surface area contributed by atoms with E-state index >= 15 is 0 Å². The molecule has 4 heterocycles. The van der Waals surface area contributed by atoms with E-state index in [0.717, 1.165) is 10.9 Å². The van der Waals surface area contributed by atoms with Gasteiger partial charge in [-0.2, -0.15) is 4.98 Å². The number of rotatable bonds is 5. The number of aromatic amines is 1. The lowest BCUT2D eigenvalue weighted by atomic mass is 10.1. The van der Waals surface area contributed by atoms with Crippen molar-refractivity contribution in [1.29, 1.82) is 0 Å². The minimum Gasteiger partial charge on any atom is -0.352 e. The van der Waals surface area contributed by atoms with Gasteiger partial charge in [-0.15, -0.1) is 0 Å². The molecule has 0 fully saturated rings. The van der Waals surface area contributed by atoms with Crippen molar-refractivity contribution in [2.75, 3.05) is 5.32 Å². The maximum atomic E-state index is 12.9. The minimum atomic E-state index is -2.47. The van der Waals surface area contributed by atoms with E-state index in [4.69, 9.17) is 0 Å². The Morgan fingerprint density at radius 1 is 1.19 bits per heavy atom. The van der Waals surface area contributed by atoms with E-state index in [2.05, 4.69) is 30.2 Å². The van der Waals surface area contributed by atoms with Gasteiger partial charge in [-0.05, 0) is 32.9 Å². The molecule has 7 nitrogen and oxygen atoms in total. The van der Waals surface area contributed by atoms with Gasteiger partial charge in [0.15, 0.2) is 5.65 Å². The number of aryl methyl sites for hydroxylation is 1. The standard InChI is InChI=1S/C18H19F2N7/c1-9(2)23-18-22-7-12-11(6-21-16(12)26-18)13-4-5-14-17(25-13)27(8-15(19)20)10(3)24-14/h4-7,9,15H,8H2,1-3H3,(H2,21,22,23,26). The number of hydrogen-bond donors (Lipinski definition) is 2. The summed E-state index contributed by atoms with van der Waals surface area (Å²) < 4.78 is 27.3. The number of imidazole rings is 1. The van der Waals surface area contributed by atoms with Gasteiger partial charge in [0.05, 0.1) is 12.2 Å². The van der Waals surface area contributed by atoms with Gasteiger partial charge in [0.25, 0.3) is 6.43 Å². The number of halogens is 2. The fourth-order valence-corrected chi connectivity index (χ4v) is 3.07. The molecule has 4 aromatic rings. The van der Waals surface area contributed by atoms with E-state index < -0.39 is 13.0 Å². The molecule has 140 valence electrons. The topological polar surface area (TPSA) is 84.3 Å². The third-order valence-corrected chi connectivity index (χ3v) is 4.23. The summed E-state index contributed by atoms with van der Waals surface area (Å²) in [6, 6.07) is 3.84. The first-order valence-electron chi connectivity index (χ1n) is 8.65. The van der Waals surface area contributed by atoms with Crippen LogP contribution >= 0.6 is 0 Å². The van der Waals surface area contributed by atoms with Crippen LogP contribution in [0.15, 0.2) is 24.5 Å². The van der Waals surface area contributed by atoms with Crippen LogP contribution in [0.5, 0.6) is 0 Å². The Morgan fingerprint density at radius 3 is 2.74 bits per heavy atom. The van der Waals surface area contributed by atoms with Crippen LogP contribution in [0.25, 0.3) is 33.5 Å². The average molecular weight is 371 g/mol. The maximum Gasteiger partial charge on any atom is 0.256 e. The molecule has 0 atom stereocenters. The van der Waals surface area contributed by atoms with Crippen LogP contribution < -0.4 is 5.32 Å². The van der Waals surface area contributed by atoms with Crippen molar-refractivity contribution in [1.82, 2.24) is 29.5 Å². The highest BCUT2D eigenvalue weighted by Gasteiger charge is 2.16. The maximum absolute atomic E-state index is 12.9. The molecule has 4 rings (SSSR count). The lowest BCUT2D eigenvalue weighted by Crippen LogP contribution is -2.12. The highest BCUT2D eigenvalue weighted by molar-refractivity contribution is 5.93. The van der Waals surface area contributed by atoms with Crippen LogP contribution in [0.1, 0.15) is 19.7 Å². The summed E-state index contributed by atoms with van der Waals surface area (Å²) in [6.45, 7) is 5.29. The molecule has 0 aliphatic heterocycles. The molecule has 27 heavy (non-hydrogen) atoms. The number of pyridine rings is 1. The number of H-pyrrole nitrogens is 1. The molecular weight excluding hydrogens is 352 g/mol. The average Bonchev–Trinajstić information content (AvgIpc) is 3.15. The highest BCUT2D eigenvalue weighted by atomic mass is 19.3. The molecule has 0 saturated heterocycles. The Kier molecular flexibility index (Phi) is 4.21. The third kappa shape index (κ3) is 3.20. The third-order valence-electron chi connectivity index (χ3n) is 4.23. The lowest BCUT2D eigenvalue weighted by Gasteiger charge is -2.07. The van der Waals surface area contributed by atoms with Crippen molar-refractivity contribution in [3.05, 3.63) is 30.4 Å². The Labute approximate surface area is 153 Å².